The maximum absolute atomic E-state index is 12.9. The number of amides is 2. The molecule has 0 bridgehead atoms. The Bertz CT molecular complexity index is 984. The number of hydrogen-bond acceptors (Lipinski definition) is 4. The summed E-state index contributed by atoms with van der Waals surface area (Å²) in [6.07, 6.45) is 5.20. The predicted octanol–water partition coefficient (Wildman–Crippen LogP) is 2.28. The Kier molecular flexibility index (Phi) is 7.07. The number of allylic oxidation sites excluding steroid dienone is 1. The van der Waals surface area contributed by atoms with Crippen LogP contribution in [0.25, 0.3) is 6.08 Å². The minimum atomic E-state index is -1.17. The minimum absolute atomic E-state index is 0.0397. The van der Waals surface area contributed by atoms with Crippen molar-refractivity contribution in [3.8, 4) is 5.75 Å². The van der Waals surface area contributed by atoms with Crippen LogP contribution in [0.2, 0.25) is 0 Å². The van der Waals surface area contributed by atoms with E-state index in [9.17, 15) is 24.6 Å². The average Bonchev–Trinajstić information content (AvgIpc) is 2.73. The van der Waals surface area contributed by atoms with Crippen LogP contribution >= 0.6 is 0 Å². The smallest absolute Gasteiger partial charge is 0.326 e. The summed E-state index contributed by atoms with van der Waals surface area (Å²) < 4.78 is 0. The summed E-state index contributed by atoms with van der Waals surface area (Å²) in [5.41, 5.74) is 2.97. The molecule has 3 atom stereocenters. The number of rotatable bonds is 8. The van der Waals surface area contributed by atoms with Crippen molar-refractivity contribution in [3.05, 3.63) is 71.3 Å². The van der Waals surface area contributed by atoms with E-state index in [1.807, 2.05) is 36.4 Å². The summed E-state index contributed by atoms with van der Waals surface area (Å²) in [5, 5.41) is 24.2. The van der Waals surface area contributed by atoms with Crippen molar-refractivity contribution in [2.75, 3.05) is 0 Å². The highest BCUT2D eigenvalue weighted by Gasteiger charge is 2.28. The third kappa shape index (κ3) is 6.18. The zero-order valence-corrected chi connectivity index (χ0v) is 17.2. The Labute approximate surface area is 180 Å². The number of fused-ring (bicyclic) bond motifs is 1. The monoisotopic (exact) mass is 422 g/mol. The van der Waals surface area contributed by atoms with E-state index in [1.54, 1.807) is 12.1 Å². The zero-order valence-electron chi connectivity index (χ0n) is 17.2. The second-order valence-electron chi connectivity index (χ2n) is 7.78. The first-order valence-corrected chi connectivity index (χ1v) is 10.2. The van der Waals surface area contributed by atoms with E-state index in [1.165, 1.54) is 24.6 Å². The van der Waals surface area contributed by atoms with Gasteiger partial charge in [0.2, 0.25) is 11.8 Å². The molecule has 1 unspecified atom stereocenters. The molecule has 7 nitrogen and oxygen atoms in total. The molecule has 31 heavy (non-hydrogen) atoms. The van der Waals surface area contributed by atoms with Crippen molar-refractivity contribution in [1.82, 2.24) is 10.6 Å². The molecule has 2 aromatic carbocycles. The average molecular weight is 422 g/mol. The molecule has 2 amide bonds. The van der Waals surface area contributed by atoms with E-state index in [2.05, 4.69) is 10.6 Å². The molecule has 0 saturated heterocycles. The second kappa shape index (κ2) is 9.93. The Morgan fingerprint density at radius 3 is 2.42 bits per heavy atom. The van der Waals surface area contributed by atoms with Gasteiger partial charge in [-0.15, -0.1) is 0 Å². The summed E-state index contributed by atoms with van der Waals surface area (Å²) in [7, 11) is 0. The van der Waals surface area contributed by atoms with Crippen molar-refractivity contribution in [2.45, 2.75) is 38.3 Å². The van der Waals surface area contributed by atoms with E-state index in [0.29, 0.717) is 12.0 Å². The molecule has 0 radical (unpaired) electrons. The number of benzene rings is 2. The van der Waals surface area contributed by atoms with Crippen LogP contribution in [0, 0.1) is 5.92 Å². The van der Waals surface area contributed by atoms with E-state index < -0.39 is 24.0 Å². The number of phenolic OH excluding ortho intramolecular Hbond substituents is 1. The summed E-state index contributed by atoms with van der Waals surface area (Å²) in [6, 6.07) is 12.1. The molecule has 0 heterocycles. The molecular formula is C24H26N2O5. The molecule has 162 valence electrons. The lowest BCUT2D eigenvalue weighted by Crippen LogP contribution is -2.52. The minimum Gasteiger partial charge on any atom is -0.508 e. The fourth-order valence-electron chi connectivity index (χ4n) is 3.75. The van der Waals surface area contributed by atoms with Crippen LogP contribution in [-0.4, -0.2) is 40.1 Å². The molecule has 0 saturated carbocycles. The lowest BCUT2D eigenvalue weighted by atomic mass is 9.85. The first-order valence-electron chi connectivity index (χ1n) is 10.2. The van der Waals surface area contributed by atoms with Crippen LogP contribution in [0.5, 0.6) is 5.75 Å². The summed E-state index contributed by atoms with van der Waals surface area (Å²) >= 11 is 0. The van der Waals surface area contributed by atoms with Gasteiger partial charge in [0.25, 0.3) is 0 Å². The van der Waals surface area contributed by atoms with Crippen LogP contribution in [0.3, 0.4) is 0 Å². The maximum Gasteiger partial charge on any atom is 0.326 e. The van der Waals surface area contributed by atoms with Gasteiger partial charge in [-0.25, -0.2) is 4.79 Å². The van der Waals surface area contributed by atoms with Gasteiger partial charge in [-0.05, 0) is 47.6 Å². The Morgan fingerprint density at radius 1 is 1.03 bits per heavy atom. The normalized spacial score (nSPS) is 16.6. The van der Waals surface area contributed by atoms with Crippen molar-refractivity contribution in [1.29, 1.82) is 0 Å². The van der Waals surface area contributed by atoms with Crippen molar-refractivity contribution in [2.24, 2.45) is 5.92 Å². The number of nitrogens with one attached hydrogen (secondary N) is 2. The molecule has 0 aliphatic heterocycles. The molecule has 1 aliphatic carbocycles. The number of carbonyl (C=O) groups is 3. The standard InChI is InChI=1S/C24H26N2O5/c1-15(27)25-21(14-17-6-9-18-4-2-3-5-19(18)12-17)23(29)26-22(24(30)31)13-16-7-10-20(28)11-8-16/h2-11,17,21-22,28H,12-14H2,1H3,(H,25,27)(H,26,29)(H,30,31)/t17?,21-,22-/m0/s1. The predicted molar refractivity (Wildman–Crippen MR) is 116 cm³/mol. The van der Waals surface area contributed by atoms with Crippen LogP contribution in [0.1, 0.15) is 30.0 Å². The van der Waals surface area contributed by atoms with Crippen molar-refractivity contribution in [3.63, 3.8) is 0 Å². The van der Waals surface area contributed by atoms with Crippen LogP contribution in [-0.2, 0) is 27.2 Å². The van der Waals surface area contributed by atoms with E-state index in [-0.39, 0.29) is 24.0 Å². The molecule has 7 heteroatoms. The van der Waals surface area contributed by atoms with Crippen LogP contribution in [0.4, 0.5) is 0 Å². The lowest BCUT2D eigenvalue weighted by Gasteiger charge is -2.26. The number of aliphatic carboxylic acids is 1. The van der Waals surface area contributed by atoms with Crippen LogP contribution in [0.15, 0.2) is 54.6 Å². The van der Waals surface area contributed by atoms with Gasteiger partial charge in [0.1, 0.15) is 17.8 Å². The Balaban J connectivity index is 1.69. The largest absolute Gasteiger partial charge is 0.508 e. The number of carbonyl (C=O) groups excluding carboxylic acids is 2. The van der Waals surface area contributed by atoms with Gasteiger partial charge >= 0.3 is 5.97 Å². The molecule has 2 aromatic rings. The summed E-state index contributed by atoms with van der Waals surface area (Å²) in [5.74, 6) is -1.95. The molecule has 0 aromatic heterocycles. The molecule has 3 rings (SSSR count). The molecular weight excluding hydrogens is 396 g/mol. The van der Waals surface area contributed by atoms with Crippen molar-refractivity contribution < 1.29 is 24.6 Å². The first-order chi connectivity index (χ1) is 14.8. The first kappa shape index (κ1) is 22.1. The fraction of sp³-hybridized carbons (Fsp3) is 0.292. The lowest BCUT2D eigenvalue weighted by molar-refractivity contribution is -0.142. The highest BCUT2D eigenvalue weighted by atomic mass is 16.4. The third-order valence-corrected chi connectivity index (χ3v) is 5.31. The highest BCUT2D eigenvalue weighted by molar-refractivity contribution is 5.90. The third-order valence-electron chi connectivity index (χ3n) is 5.31. The van der Waals surface area contributed by atoms with Gasteiger partial charge in [-0.2, -0.15) is 0 Å². The Hall–Kier alpha value is -3.61. The molecule has 0 spiro atoms. The topological polar surface area (TPSA) is 116 Å². The number of carboxylic acids is 1. The number of hydrogen-bond donors (Lipinski definition) is 4. The van der Waals surface area contributed by atoms with Crippen molar-refractivity contribution >= 4 is 23.9 Å². The van der Waals surface area contributed by atoms with E-state index >= 15 is 0 Å². The zero-order chi connectivity index (χ0) is 22.4. The van der Waals surface area contributed by atoms with E-state index in [0.717, 1.165) is 12.0 Å². The Morgan fingerprint density at radius 2 is 1.74 bits per heavy atom. The SMILES string of the molecule is CC(=O)N[C@@H](CC1C=Cc2ccccc2C1)C(=O)N[C@@H](Cc1ccc(O)cc1)C(=O)O. The number of phenols is 1. The maximum atomic E-state index is 12.9. The van der Waals surface area contributed by atoms with Gasteiger partial charge in [-0.3, -0.25) is 9.59 Å². The van der Waals surface area contributed by atoms with Gasteiger partial charge in [0.05, 0.1) is 0 Å². The number of aromatic hydroxyl groups is 1. The van der Waals surface area contributed by atoms with Gasteiger partial charge in [0.15, 0.2) is 0 Å². The molecule has 1 aliphatic rings. The second-order valence-corrected chi connectivity index (χ2v) is 7.78. The van der Waals surface area contributed by atoms with Gasteiger partial charge < -0.3 is 20.8 Å². The van der Waals surface area contributed by atoms with E-state index in [4.69, 9.17) is 0 Å². The summed E-state index contributed by atoms with van der Waals surface area (Å²) in [6.45, 7) is 1.33. The van der Waals surface area contributed by atoms with Gasteiger partial charge in [0, 0.05) is 13.3 Å². The number of carboxylic acid groups (broad SMARTS) is 1. The molecule has 0 fully saturated rings. The highest BCUT2D eigenvalue weighted by Crippen LogP contribution is 2.25. The quantitative estimate of drug-likeness (QED) is 0.521. The fourth-order valence-corrected chi connectivity index (χ4v) is 3.75. The van der Waals surface area contributed by atoms with Crippen LogP contribution < -0.4 is 10.6 Å². The summed E-state index contributed by atoms with van der Waals surface area (Å²) in [4.78, 5) is 36.3. The molecule has 4 N–H and O–H groups in total. The van der Waals surface area contributed by atoms with Gasteiger partial charge in [-0.1, -0.05) is 48.6 Å².